The molecule has 0 aliphatic rings. The van der Waals surface area contributed by atoms with E-state index in [0.29, 0.717) is 5.92 Å². The quantitative estimate of drug-likeness (QED) is 0.821. The fraction of sp³-hybridized carbons (Fsp3) is 0.625. The number of ether oxygens (including phenoxy) is 2. The van der Waals surface area contributed by atoms with Crippen LogP contribution >= 0.6 is 0 Å². The number of hydrogen-bond acceptors (Lipinski definition) is 3. The van der Waals surface area contributed by atoms with Crippen LogP contribution in [0.4, 0.5) is 0 Å². The minimum atomic E-state index is 0.616. The molecule has 0 spiro atoms. The van der Waals surface area contributed by atoms with E-state index < -0.39 is 0 Å². The SMILES string of the molecule is CCC(CNC)Cc1cc(OC)c(C)c(C)c1OC. The van der Waals surface area contributed by atoms with Crippen LogP contribution in [0, 0.1) is 19.8 Å². The molecule has 1 N–H and O–H groups in total. The second kappa shape index (κ2) is 7.39. The van der Waals surface area contributed by atoms with Crippen LogP contribution in [0.5, 0.6) is 11.5 Å². The molecular formula is C16H27NO2. The summed E-state index contributed by atoms with van der Waals surface area (Å²) in [5, 5.41) is 3.26. The first-order valence-corrected chi connectivity index (χ1v) is 6.94. The van der Waals surface area contributed by atoms with E-state index in [1.165, 1.54) is 11.1 Å². The van der Waals surface area contributed by atoms with Crippen molar-refractivity contribution in [3.05, 3.63) is 22.8 Å². The first kappa shape index (κ1) is 15.8. The molecule has 19 heavy (non-hydrogen) atoms. The van der Waals surface area contributed by atoms with Crippen molar-refractivity contribution >= 4 is 0 Å². The molecule has 0 saturated carbocycles. The maximum Gasteiger partial charge on any atom is 0.125 e. The van der Waals surface area contributed by atoms with Gasteiger partial charge in [-0.3, -0.25) is 0 Å². The predicted octanol–water partition coefficient (Wildman–Crippen LogP) is 3.11. The maximum absolute atomic E-state index is 5.60. The van der Waals surface area contributed by atoms with E-state index in [1.54, 1.807) is 14.2 Å². The summed E-state index contributed by atoms with van der Waals surface area (Å²) in [6, 6.07) is 2.12. The fourth-order valence-corrected chi connectivity index (χ4v) is 2.54. The predicted molar refractivity (Wildman–Crippen MR) is 80.4 cm³/mol. The number of rotatable bonds is 7. The zero-order valence-electron chi connectivity index (χ0n) is 13.1. The zero-order chi connectivity index (χ0) is 14.4. The Kier molecular flexibility index (Phi) is 6.16. The lowest BCUT2D eigenvalue weighted by Crippen LogP contribution is -2.20. The van der Waals surface area contributed by atoms with Crippen LogP contribution in [0.15, 0.2) is 6.07 Å². The van der Waals surface area contributed by atoms with Crippen LogP contribution < -0.4 is 14.8 Å². The van der Waals surface area contributed by atoms with Crippen molar-refractivity contribution in [2.45, 2.75) is 33.6 Å². The van der Waals surface area contributed by atoms with E-state index in [2.05, 4.69) is 32.2 Å². The van der Waals surface area contributed by atoms with Crippen LogP contribution in [0.3, 0.4) is 0 Å². The molecule has 0 heterocycles. The second-order valence-electron chi connectivity index (χ2n) is 5.06. The van der Waals surface area contributed by atoms with E-state index in [1.807, 2.05) is 7.05 Å². The number of methoxy groups -OCH3 is 2. The molecule has 0 aliphatic heterocycles. The van der Waals surface area contributed by atoms with Crippen LogP contribution in [-0.4, -0.2) is 27.8 Å². The average molecular weight is 265 g/mol. The van der Waals surface area contributed by atoms with Crippen molar-refractivity contribution in [2.75, 3.05) is 27.8 Å². The summed E-state index contributed by atoms with van der Waals surface area (Å²) >= 11 is 0. The van der Waals surface area contributed by atoms with Crippen LogP contribution in [0.2, 0.25) is 0 Å². The Labute approximate surface area is 117 Å². The smallest absolute Gasteiger partial charge is 0.125 e. The average Bonchev–Trinajstić information content (AvgIpc) is 2.42. The Morgan fingerprint density at radius 1 is 1.16 bits per heavy atom. The minimum Gasteiger partial charge on any atom is -0.496 e. The van der Waals surface area contributed by atoms with Gasteiger partial charge < -0.3 is 14.8 Å². The maximum atomic E-state index is 5.60. The third kappa shape index (κ3) is 3.63. The Bertz CT molecular complexity index is 416. The molecule has 0 aliphatic carbocycles. The van der Waals surface area contributed by atoms with Gasteiger partial charge >= 0.3 is 0 Å². The molecule has 3 heteroatoms. The van der Waals surface area contributed by atoms with Crippen molar-refractivity contribution in [3.63, 3.8) is 0 Å². The zero-order valence-corrected chi connectivity index (χ0v) is 13.1. The molecule has 1 unspecified atom stereocenters. The number of hydrogen-bond donors (Lipinski definition) is 1. The molecule has 0 radical (unpaired) electrons. The minimum absolute atomic E-state index is 0.616. The lowest BCUT2D eigenvalue weighted by atomic mass is 9.93. The topological polar surface area (TPSA) is 30.5 Å². The van der Waals surface area contributed by atoms with E-state index in [0.717, 1.165) is 36.4 Å². The van der Waals surface area contributed by atoms with Crippen molar-refractivity contribution in [2.24, 2.45) is 5.92 Å². The molecule has 108 valence electrons. The van der Waals surface area contributed by atoms with Crippen molar-refractivity contribution in [3.8, 4) is 11.5 Å². The monoisotopic (exact) mass is 265 g/mol. The van der Waals surface area contributed by atoms with Gasteiger partial charge in [0.2, 0.25) is 0 Å². The first-order chi connectivity index (χ1) is 9.08. The fourth-order valence-electron chi connectivity index (χ4n) is 2.54. The Morgan fingerprint density at radius 3 is 2.32 bits per heavy atom. The van der Waals surface area contributed by atoms with Gasteiger partial charge in [-0.25, -0.2) is 0 Å². The molecule has 0 fully saturated rings. The lowest BCUT2D eigenvalue weighted by Gasteiger charge is -2.20. The lowest BCUT2D eigenvalue weighted by molar-refractivity contribution is 0.386. The highest BCUT2D eigenvalue weighted by Gasteiger charge is 2.16. The van der Waals surface area contributed by atoms with Gasteiger partial charge in [0.1, 0.15) is 11.5 Å². The molecule has 3 nitrogen and oxygen atoms in total. The summed E-state index contributed by atoms with van der Waals surface area (Å²) in [4.78, 5) is 0. The summed E-state index contributed by atoms with van der Waals surface area (Å²) in [5.74, 6) is 2.58. The largest absolute Gasteiger partial charge is 0.496 e. The summed E-state index contributed by atoms with van der Waals surface area (Å²) in [6.07, 6.45) is 2.16. The summed E-state index contributed by atoms with van der Waals surface area (Å²) in [5.41, 5.74) is 3.57. The van der Waals surface area contributed by atoms with Crippen LogP contribution in [-0.2, 0) is 6.42 Å². The van der Waals surface area contributed by atoms with Gasteiger partial charge in [-0.05, 0) is 62.5 Å². The third-order valence-electron chi connectivity index (χ3n) is 3.87. The Balaban J connectivity index is 3.14. The van der Waals surface area contributed by atoms with Crippen molar-refractivity contribution in [1.82, 2.24) is 5.32 Å². The summed E-state index contributed by atoms with van der Waals surface area (Å²) in [7, 11) is 5.47. The normalized spacial score (nSPS) is 12.3. The van der Waals surface area contributed by atoms with Gasteiger partial charge in [0, 0.05) is 0 Å². The second-order valence-corrected chi connectivity index (χ2v) is 5.06. The molecule has 0 aromatic heterocycles. The Morgan fingerprint density at radius 2 is 1.84 bits per heavy atom. The highest BCUT2D eigenvalue weighted by molar-refractivity contribution is 5.52. The van der Waals surface area contributed by atoms with E-state index >= 15 is 0 Å². The third-order valence-corrected chi connectivity index (χ3v) is 3.87. The number of nitrogens with one attached hydrogen (secondary N) is 1. The Hall–Kier alpha value is -1.22. The molecule has 1 aromatic carbocycles. The van der Waals surface area contributed by atoms with Gasteiger partial charge in [-0.15, -0.1) is 0 Å². The highest BCUT2D eigenvalue weighted by Crippen LogP contribution is 2.34. The van der Waals surface area contributed by atoms with Gasteiger partial charge in [-0.2, -0.15) is 0 Å². The first-order valence-electron chi connectivity index (χ1n) is 6.94. The van der Waals surface area contributed by atoms with Gasteiger partial charge in [0.05, 0.1) is 14.2 Å². The van der Waals surface area contributed by atoms with Gasteiger partial charge in [-0.1, -0.05) is 13.3 Å². The van der Waals surface area contributed by atoms with Crippen molar-refractivity contribution < 1.29 is 9.47 Å². The molecule has 0 amide bonds. The van der Waals surface area contributed by atoms with Gasteiger partial charge in [0.25, 0.3) is 0 Å². The van der Waals surface area contributed by atoms with E-state index in [4.69, 9.17) is 9.47 Å². The van der Waals surface area contributed by atoms with Crippen molar-refractivity contribution in [1.29, 1.82) is 0 Å². The summed E-state index contributed by atoms with van der Waals surface area (Å²) in [6.45, 7) is 7.42. The summed E-state index contributed by atoms with van der Waals surface area (Å²) < 4.78 is 11.1. The molecule has 1 aromatic rings. The molecule has 1 rings (SSSR count). The number of benzene rings is 1. The standard InChI is InChI=1S/C16H27NO2/c1-7-13(10-17-4)8-14-9-15(18-5)11(2)12(3)16(14)19-6/h9,13,17H,7-8,10H2,1-6H3. The highest BCUT2D eigenvalue weighted by atomic mass is 16.5. The molecule has 1 atom stereocenters. The van der Waals surface area contributed by atoms with E-state index in [9.17, 15) is 0 Å². The van der Waals surface area contributed by atoms with Crippen LogP contribution in [0.1, 0.15) is 30.0 Å². The molecular weight excluding hydrogens is 238 g/mol. The van der Waals surface area contributed by atoms with Crippen LogP contribution in [0.25, 0.3) is 0 Å². The molecule has 0 bridgehead atoms. The van der Waals surface area contributed by atoms with Gasteiger partial charge in [0.15, 0.2) is 0 Å². The van der Waals surface area contributed by atoms with E-state index in [-0.39, 0.29) is 0 Å². The molecule has 0 saturated heterocycles.